The molecule has 0 amide bonds. The third kappa shape index (κ3) is 5.35. The Morgan fingerprint density at radius 2 is 1.93 bits per heavy atom. The van der Waals surface area contributed by atoms with Gasteiger partial charge in [-0.3, -0.25) is 0 Å². The molecule has 3 nitrogen and oxygen atoms in total. The molecule has 88 valence electrons. The molecule has 0 radical (unpaired) electrons. The van der Waals surface area contributed by atoms with E-state index in [4.69, 9.17) is 4.65 Å². The van der Waals surface area contributed by atoms with E-state index in [2.05, 4.69) is 20.4 Å². The molecule has 0 saturated heterocycles. The van der Waals surface area contributed by atoms with Crippen LogP contribution in [0.4, 0.5) is 0 Å². The van der Waals surface area contributed by atoms with Crippen molar-refractivity contribution in [3.63, 3.8) is 0 Å². The minimum absolute atomic E-state index is 0.339. The first-order valence-electron chi connectivity index (χ1n) is 5.35. The van der Waals surface area contributed by atoms with Crippen molar-refractivity contribution in [2.24, 2.45) is 5.92 Å². The fourth-order valence-electron chi connectivity index (χ4n) is 0.991. The molecule has 0 aromatic carbocycles. The van der Waals surface area contributed by atoms with Crippen LogP contribution in [0, 0.1) is 5.92 Å². The van der Waals surface area contributed by atoms with Gasteiger partial charge in [0.1, 0.15) is 0 Å². The molecular formula is C11H24BNO2. The summed E-state index contributed by atoms with van der Waals surface area (Å²) in [4.78, 5) is 1.96. The molecule has 0 spiro atoms. The first-order valence-corrected chi connectivity index (χ1v) is 5.35. The molecule has 0 unspecified atom stereocenters. The van der Waals surface area contributed by atoms with E-state index in [1.54, 1.807) is 0 Å². The summed E-state index contributed by atoms with van der Waals surface area (Å²) in [6.07, 6.45) is 0. The van der Waals surface area contributed by atoms with Crippen LogP contribution in [-0.4, -0.2) is 43.3 Å². The fraction of sp³-hybridized carbons (Fsp3) is 0.818. The predicted molar refractivity (Wildman–Crippen MR) is 65.7 cm³/mol. The summed E-state index contributed by atoms with van der Waals surface area (Å²) in [5.41, 5.74) is 0.350. The molecule has 1 N–H and O–H groups in total. The van der Waals surface area contributed by atoms with Gasteiger partial charge in [0.2, 0.25) is 0 Å². The van der Waals surface area contributed by atoms with E-state index >= 15 is 0 Å². The summed E-state index contributed by atoms with van der Waals surface area (Å²) >= 11 is 0. The summed E-state index contributed by atoms with van der Waals surface area (Å²) in [7, 11) is 2.99. The van der Waals surface area contributed by atoms with Gasteiger partial charge in [-0.15, -0.1) is 6.58 Å². The Balaban J connectivity index is 4.24. The highest BCUT2D eigenvalue weighted by Gasteiger charge is 2.30. The average Bonchev–Trinajstić information content (AvgIpc) is 2.01. The van der Waals surface area contributed by atoms with Crippen molar-refractivity contribution in [1.29, 1.82) is 0 Å². The Hall–Kier alpha value is -0.315. The van der Waals surface area contributed by atoms with Crippen LogP contribution in [-0.2, 0) is 4.65 Å². The number of rotatable bonds is 6. The standard InChI is InChI=1S/C11H24BNO2/c1-9(2)11(4,5)15-12(14)10(3)8-13(6)7/h9,14H,3,8H2,1-2,4-7H3. The van der Waals surface area contributed by atoms with Crippen molar-refractivity contribution < 1.29 is 9.68 Å². The Bertz CT molecular complexity index is 215. The topological polar surface area (TPSA) is 32.7 Å². The van der Waals surface area contributed by atoms with Gasteiger partial charge in [0.25, 0.3) is 0 Å². The Morgan fingerprint density at radius 1 is 1.47 bits per heavy atom. The lowest BCUT2D eigenvalue weighted by Gasteiger charge is -2.32. The summed E-state index contributed by atoms with van der Waals surface area (Å²) in [6, 6.07) is 0. The van der Waals surface area contributed by atoms with Gasteiger partial charge in [-0.2, -0.15) is 0 Å². The Morgan fingerprint density at radius 3 is 2.27 bits per heavy atom. The van der Waals surface area contributed by atoms with Crippen LogP contribution in [0.1, 0.15) is 27.7 Å². The van der Waals surface area contributed by atoms with Crippen molar-refractivity contribution >= 4 is 7.12 Å². The zero-order valence-corrected chi connectivity index (χ0v) is 10.9. The van der Waals surface area contributed by atoms with E-state index in [0.29, 0.717) is 17.9 Å². The van der Waals surface area contributed by atoms with Gasteiger partial charge in [0.05, 0.1) is 5.60 Å². The zero-order chi connectivity index (χ0) is 12.2. The molecule has 15 heavy (non-hydrogen) atoms. The molecule has 0 aromatic rings. The maximum atomic E-state index is 9.80. The second-order valence-electron chi connectivity index (χ2n) is 5.12. The molecule has 0 bridgehead atoms. The Labute approximate surface area is 94.3 Å². The fourth-order valence-corrected chi connectivity index (χ4v) is 0.991. The van der Waals surface area contributed by atoms with E-state index in [9.17, 15) is 5.02 Å². The van der Waals surface area contributed by atoms with Crippen LogP contribution in [0.5, 0.6) is 0 Å². The quantitative estimate of drug-likeness (QED) is 0.680. The van der Waals surface area contributed by atoms with Gasteiger partial charge in [-0.05, 0) is 39.3 Å². The first-order chi connectivity index (χ1) is 6.66. The molecule has 0 atom stereocenters. The van der Waals surface area contributed by atoms with Gasteiger partial charge in [0.15, 0.2) is 0 Å². The van der Waals surface area contributed by atoms with Crippen molar-refractivity contribution in [3.8, 4) is 0 Å². The van der Waals surface area contributed by atoms with Crippen molar-refractivity contribution in [2.75, 3.05) is 20.6 Å². The average molecular weight is 213 g/mol. The highest BCUT2D eigenvalue weighted by atomic mass is 16.5. The number of nitrogens with zero attached hydrogens (tertiary/aromatic N) is 1. The molecule has 0 aliphatic rings. The van der Waals surface area contributed by atoms with Crippen molar-refractivity contribution in [3.05, 3.63) is 12.1 Å². The van der Waals surface area contributed by atoms with Crippen LogP contribution in [0.15, 0.2) is 12.1 Å². The second kappa shape index (κ2) is 5.68. The lowest BCUT2D eigenvalue weighted by Crippen LogP contribution is -2.40. The van der Waals surface area contributed by atoms with Crippen LogP contribution >= 0.6 is 0 Å². The van der Waals surface area contributed by atoms with E-state index < -0.39 is 7.12 Å². The van der Waals surface area contributed by atoms with Crippen molar-refractivity contribution in [1.82, 2.24) is 4.90 Å². The van der Waals surface area contributed by atoms with Crippen LogP contribution in [0.25, 0.3) is 0 Å². The van der Waals surface area contributed by atoms with Gasteiger partial charge < -0.3 is 14.6 Å². The van der Waals surface area contributed by atoms with Gasteiger partial charge in [-0.25, -0.2) is 0 Å². The van der Waals surface area contributed by atoms with Gasteiger partial charge >= 0.3 is 7.12 Å². The molecule has 0 aromatic heterocycles. The van der Waals surface area contributed by atoms with E-state index in [0.717, 1.165) is 0 Å². The number of likely N-dealkylation sites (N-methyl/N-ethyl adjacent to an activating group) is 1. The molecule has 0 aliphatic heterocycles. The highest BCUT2D eigenvalue weighted by Crippen LogP contribution is 2.22. The van der Waals surface area contributed by atoms with Crippen LogP contribution < -0.4 is 0 Å². The van der Waals surface area contributed by atoms with Crippen molar-refractivity contribution in [2.45, 2.75) is 33.3 Å². The molecule has 0 fully saturated rings. The maximum absolute atomic E-state index is 9.80. The maximum Gasteiger partial charge on any atom is 0.487 e. The van der Waals surface area contributed by atoms with Gasteiger partial charge in [0, 0.05) is 6.54 Å². The molecule has 0 aliphatic carbocycles. The summed E-state index contributed by atoms with van der Waals surface area (Å²) < 4.78 is 5.59. The SMILES string of the molecule is C=C(CN(C)C)B(O)OC(C)(C)C(C)C. The smallest absolute Gasteiger partial charge is 0.423 e. The van der Waals surface area contributed by atoms with E-state index in [-0.39, 0.29) is 5.60 Å². The molecular weight excluding hydrogens is 189 g/mol. The summed E-state index contributed by atoms with van der Waals surface area (Å²) in [6.45, 7) is 12.5. The Kier molecular flexibility index (Phi) is 5.56. The monoisotopic (exact) mass is 213 g/mol. The molecule has 0 rings (SSSR count). The molecule has 4 heteroatoms. The van der Waals surface area contributed by atoms with Crippen LogP contribution in [0.2, 0.25) is 0 Å². The molecule has 0 heterocycles. The predicted octanol–water partition coefficient (Wildman–Crippen LogP) is 1.58. The largest absolute Gasteiger partial charge is 0.487 e. The lowest BCUT2D eigenvalue weighted by atomic mass is 9.77. The van der Waals surface area contributed by atoms with Gasteiger partial charge in [-0.1, -0.05) is 13.8 Å². The lowest BCUT2D eigenvalue weighted by molar-refractivity contribution is 0.0403. The highest BCUT2D eigenvalue weighted by molar-refractivity contribution is 6.52. The summed E-state index contributed by atoms with van der Waals surface area (Å²) in [5, 5.41) is 9.80. The van der Waals surface area contributed by atoms with E-state index in [1.807, 2.05) is 32.8 Å². The zero-order valence-electron chi connectivity index (χ0n) is 10.9. The minimum Gasteiger partial charge on any atom is -0.423 e. The number of hydrogen-bond donors (Lipinski definition) is 1. The molecule has 0 saturated carbocycles. The second-order valence-corrected chi connectivity index (χ2v) is 5.12. The van der Waals surface area contributed by atoms with Crippen LogP contribution in [0.3, 0.4) is 0 Å². The normalized spacial score (nSPS) is 12.3. The van der Waals surface area contributed by atoms with E-state index in [1.165, 1.54) is 0 Å². The third-order valence-electron chi connectivity index (χ3n) is 2.67. The summed E-state index contributed by atoms with van der Waals surface area (Å²) in [5.74, 6) is 0.347. The first kappa shape index (κ1) is 14.7. The minimum atomic E-state index is -0.884. The number of hydrogen-bond acceptors (Lipinski definition) is 3. The third-order valence-corrected chi connectivity index (χ3v) is 2.67.